The summed E-state index contributed by atoms with van der Waals surface area (Å²) in [6, 6.07) is 8.20. The second-order valence-corrected chi connectivity index (χ2v) is 12.3. The molecule has 2 amide bonds. The van der Waals surface area contributed by atoms with Gasteiger partial charge < -0.3 is 26.8 Å². The number of benzene rings is 2. The Balaban J connectivity index is 0.000000164. The van der Waals surface area contributed by atoms with E-state index in [0.29, 0.717) is 51.3 Å². The molecule has 2 aromatic carbocycles. The molecule has 4 aromatic rings. The van der Waals surface area contributed by atoms with Crippen LogP contribution >= 0.6 is 15.9 Å². The highest BCUT2D eigenvalue weighted by Gasteiger charge is 2.31. The number of aromatic nitrogens is 4. The fraction of sp³-hybridized carbons (Fsp3) is 0.312. The molecule has 2 atom stereocenters. The Labute approximate surface area is 271 Å². The van der Waals surface area contributed by atoms with Gasteiger partial charge in [0, 0.05) is 35.1 Å². The number of carbonyl (C=O) groups is 2. The Hall–Kier alpha value is -4.72. The Morgan fingerprint density at radius 2 is 1.48 bits per heavy atom. The van der Waals surface area contributed by atoms with Crippen molar-refractivity contribution in [3.63, 3.8) is 0 Å². The maximum atomic E-state index is 13.8. The minimum Gasteiger partial charge on any atom is -0.490 e. The summed E-state index contributed by atoms with van der Waals surface area (Å²) in [5.74, 6) is -0.423. The van der Waals surface area contributed by atoms with E-state index in [1.165, 1.54) is 30.5 Å². The van der Waals surface area contributed by atoms with Crippen LogP contribution in [0.15, 0.2) is 47.1 Å². The number of nitrogens with zero attached hydrogens (tertiary/aromatic N) is 4. The molecular weight excluding hydrogens is 662 g/mol. The number of hydrogen-bond acceptors (Lipinski definition) is 9. The van der Waals surface area contributed by atoms with Gasteiger partial charge in [0.15, 0.2) is 0 Å². The van der Waals surface area contributed by atoms with Crippen molar-refractivity contribution < 1.29 is 23.1 Å². The first-order valence-electron chi connectivity index (χ1n) is 14.8. The fourth-order valence-electron chi connectivity index (χ4n) is 6.08. The molecule has 238 valence electrons. The molecule has 0 bridgehead atoms. The highest BCUT2D eigenvalue weighted by molar-refractivity contribution is 9.10. The molecular formula is C32H31BrF2N8O3. The lowest BCUT2D eigenvalue weighted by Crippen LogP contribution is -2.37. The van der Waals surface area contributed by atoms with Crippen LogP contribution in [0.25, 0.3) is 0 Å². The van der Waals surface area contributed by atoms with Crippen LogP contribution in [-0.2, 0) is 12.8 Å². The van der Waals surface area contributed by atoms with Gasteiger partial charge in [-0.2, -0.15) is 0 Å². The first-order chi connectivity index (χ1) is 22.0. The summed E-state index contributed by atoms with van der Waals surface area (Å²) in [6.45, 7) is 1.73. The number of ether oxygens (including phenoxy) is 1. The third kappa shape index (κ3) is 6.62. The number of amides is 2. The van der Waals surface area contributed by atoms with Crippen LogP contribution < -0.4 is 26.8 Å². The number of carbonyl (C=O) groups excluding carboxylic acids is 2. The van der Waals surface area contributed by atoms with Crippen molar-refractivity contribution in [3.05, 3.63) is 98.0 Å². The lowest BCUT2D eigenvalue weighted by molar-refractivity contribution is 0.0913. The second kappa shape index (κ2) is 12.9. The summed E-state index contributed by atoms with van der Waals surface area (Å²) in [6.07, 6.45) is 6.67. The van der Waals surface area contributed by atoms with Crippen molar-refractivity contribution in [3.8, 4) is 5.75 Å². The number of hydrogen-bond donors (Lipinski definition) is 4. The largest absolute Gasteiger partial charge is 0.490 e. The maximum absolute atomic E-state index is 13.8. The van der Waals surface area contributed by atoms with E-state index >= 15 is 0 Å². The molecule has 0 radical (unpaired) electrons. The van der Waals surface area contributed by atoms with Crippen LogP contribution in [0, 0.1) is 18.6 Å². The van der Waals surface area contributed by atoms with Crippen LogP contribution in [0.2, 0.25) is 0 Å². The number of nitrogens with two attached hydrogens (primary N) is 2. The normalized spacial score (nSPS) is 18.9. The summed E-state index contributed by atoms with van der Waals surface area (Å²) in [7, 11) is 0. The van der Waals surface area contributed by atoms with Crippen LogP contribution in [0.3, 0.4) is 0 Å². The molecule has 1 saturated carbocycles. The first kappa shape index (κ1) is 31.3. The molecule has 46 heavy (non-hydrogen) atoms. The average molecular weight is 694 g/mol. The van der Waals surface area contributed by atoms with E-state index in [1.807, 2.05) is 0 Å². The number of fused-ring (bicyclic) bond motifs is 2. The molecule has 3 aliphatic rings. The van der Waals surface area contributed by atoms with Gasteiger partial charge in [0.2, 0.25) is 11.9 Å². The molecule has 0 spiro atoms. The Kier molecular flexibility index (Phi) is 8.80. The Bertz CT molecular complexity index is 1840. The molecule has 14 heteroatoms. The number of nitrogens with one attached hydrogen (secondary N) is 2. The molecule has 11 nitrogen and oxygen atoms in total. The number of nitrogen functional groups attached to an aromatic ring is 2. The number of halogens is 3. The van der Waals surface area contributed by atoms with Gasteiger partial charge >= 0.3 is 0 Å². The van der Waals surface area contributed by atoms with E-state index < -0.39 is 0 Å². The quantitative estimate of drug-likeness (QED) is 0.234. The van der Waals surface area contributed by atoms with Crippen molar-refractivity contribution in [2.45, 2.75) is 63.6 Å². The molecule has 1 fully saturated rings. The molecule has 2 aromatic heterocycles. The van der Waals surface area contributed by atoms with E-state index in [4.69, 9.17) is 16.2 Å². The molecule has 6 N–H and O–H groups in total. The zero-order valence-corrected chi connectivity index (χ0v) is 26.4. The molecule has 4 heterocycles. The Morgan fingerprint density at radius 1 is 0.848 bits per heavy atom. The van der Waals surface area contributed by atoms with E-state index in [2.05, 4.69) is 46.5 Å². The second-order valence-electron chi connectivity index (χ2n) is 11.4. The topological polar surface area (TPSA) is 171 Å². The van der Waals surface area contributed by atoms with Crippen LogP contribution in [0.5, 0.6) is 5.75 Å². The summed E-state index contributed by atoms with van der Waals surface area (Å²) in [5.41, 5.74) is 15.5. The van der Waals surface area contributed by atoms with Gasteiger partial charge in [-0.05, 0) is 56.4 Å². The van der Waals surface area contributed by atoms with Gasteiger partial charge in [-0.3, -0.25) is 9.59 Å². The van der Waals surface area contributed by atoms with Crippen LogP contribution in [0.4, 0.5) is 20.7 Å². The molecule has 2 aliphatic heterocycles. The van der Waals surface area contributed by atoms with E-state index in [-0.39, 0.29) is 53.5 Å². The summed E-state index contributed by atoms with van der Waals surface area (Å²) < 4.78 is 33.6. The van der Waals surface area contributed by atoms with Gasteiger partial charge in [-0.1, -0.05) is 28.1 Å². The highest BCUT2D eigenvalue weighted by Crippen LogP contribution is 2.35. The number of rotatable bonds is 4. The predicted octanol–water partition coefficient (Wildman–Crippen LogP) is 4.84. The van der Waals surface area contributed by atoms with Gasteiger partial charge in [-0.15, -0.1) is 0 Å². The van der Waals surface area contributed by atoms with Gasteiger partial charge in [0.25, 0.3) is 11.8 Å². The van der Waals surface area contributed by atoms with E-state index in [1.54, 1.807) is 19.1 Å². The number of anilines is 2. The molecule has 1 aliphatic carbocycles. The average Bonchev–Trinajstić information content (AvgIpc) is 3.50. The van der Waals surface area contributed by atoms with Gasteiger partial charge in [0.1, 0.15) is 17.4 Å². The summed E-state index contributed by atoms with van der Waals surface area (Å²) >= 11 is 3.32. The zero-order chi connectivity index (χ0) is 32.5. The third-order valence-corrected chi connectivity index (χ3v) is 8.92. The Morgan fingerprint density at radius 3 is 2.22 bits per heavy atom. The van der Waals surface area contributed by atoms with E-state index in [0.717, 1.165) is 36.8 Å². The highest BCUT2D eigenvalue weighted by atomic mass is 79.9. The van der Waals surface area contributed by atoms with Gasteiger partial charge in [-0.25, -0.2) is 28.7 Å². The lowest BCUT2D eigenvalue weighted by Gasteiger charge is -2.27. The van der Waals surface area contributed by atoms with Crippen molar-refractivity contribution in [2.75, 3.05) is 11.5 Å². The van der Waals surface area contributed by atoms with Crippen LogP contribution in [-0.4, -0.2) is 37.9 Å². The summed E-state index contributed by atoms with van der Waals surface area (Å²) in [5, 5.41) is 5.83. The maximum Gasteiger partial charge on any atom is 0.255 e. The SMILES string of the molecule is Cc1nc(N)nc2c1C(=O)N[C@@H](c1ccc(F)cc1Br)C2.Nc1ncc2c(n1)C[C@H](c1ccc(F)cc1OC1CCCC1)NC2=O. The fourth-order valence-corrected chi connectivity index (χ4v) is 6.70. The molecule has 7 rings (SSSR count). The van der Waals surface area contributed by atoms with Gasteiger partial charge in [0.05, 0.1) is 46.4 Å². The molecule has 0 saturated heterocycles. The van der Waals surface area contributed by atoms with Crippen molar-refractivity contribution in [1.29, 1.82) is 0 Å². The number of aryl methyl sites for hydroxylation is 1. The smallest absolute Gasteiger partial charge is 0.255 e. The third-order valence-electron chi connectivity index (χ3n) is 8.23. The lowest BCUT2D eigenvalue weighted by atomic mass is 9.94. The zero-order valence-electron chi connectivity index (χ0n) is 24.8. The minimum absolute atomic E-state index is 0.102. The molecule has 0 unspecified atom stereocenters. The standard InChI is InChI=1S/C18H19FN4O2.C14H12BrFN4O/c19-10-5-6-12(16(7-10)25-11-3-1-2-4-11)14-8-15-13(17(24)22-14)9-21-18(20)23-15;1-6-12-11(20-14(17)18-6)5-10(19-13(12)21)8-3-2-7(16)4-9(8)15/h5-7,9,11,14H,1-4,8H2,(H,22,24)(H2,20,21,23);2-4,10H,5H2,1H3,(H,19,21)(H2,17,18,20)/t14-;10-/m11/s1. The van der Waals surface area contributed by atoms with Crippen LogP contribution in [0.1, 0.15) is 86.7 Å². The van der Waals surface area contributed by atoms with Crippen molar-refractivity contribution in [2.24, 2.45) is 0 Å². The van der Waals surface area contributed by atoms with Crippen molar-refractivity contribution in [1.82, 2.24) is 30.6 Å². The van der Waals surface area contributed by atoms with E-state index in [9.17, 15) is 18.4 Å². The van der Waals surface area contributed by atoms with Crippen molar-refractivity contribution >= 4 is 39.6 Å². The first-order valence-corrected chi connectivity index (χ1v) is 15.6. The predicted molar refractivity (Wildman–Crippen MR) is 169 cm³/mol. The summed E-state index contributed by atoms with van der Waals surface area (Å²) in [4.78, 5) is 40.8. The minimum atomic E-state index is -0.356. The monoisotopic (exact) mass is 692 g/mol.